The molecule has 0 unspecified atom stereocenters. The molecule has 8 heteroatoms. The number of aliphatic carboxylic acids is 1. The van der Waals surface area contributed by atoms with Crippen molar-refractivity contribution in [3.05, 3.63) is 70.8 Å². The van der Waals surface area contributed by atoms with E-state index >= 15 is 0 Å². The molecule has 1 atom stereocenters. The van der Waals surface area contributed by atoms with Gasteiger partial charge in [-0.1, -0.05) is 29.8 Å². The second-order valence-corrected chi connectivity index (χ2v) is 7.61. The monoisotopic (exact) mass is 393 g/mol. The zero-order chi connectivity index (χ0) is 19.3. The smallest absolute Gasteiger partial charge is 0.321 e. The number of benzene rings is 2. The molecule has 26 heavy (non-hydrogen) atoms. The van der Waals surface area contributed by atoms with Crippen molar-refractivity contribution in [2.24, 2.45) is 0 Å². The van der Waals surface area contributed by atoms with Crippen molar-refractivity contribution >= 4 is 39.5 Å². The Bertz CT molecular complexity index is 935. The molecule has 0 radical (unpaired) electrons. The molecule has 0 aliphatic heterocycles. The Morgan fingerprint density at radius 1 is 1.08 bits per heavy atom. The number of hydrogen-bond acceptors (Lipinski definition) is 4. The highest BCUT2D eigenvalue weighted by Gasteiger charge is 2.21. The van der Waals surface area contributed by atoms with E-state index in [1.807, 2.05) is 4.72 Å². The Morgan fingerprint density at radius 2 is 1.65 bits per heavy atom. The number of halogens is 1. The number of sulfonamides is 1. The Hall–Kier alpha value is -2.48. The SMILES string of the molecule is C[C@H](NS(=O)(=O)c1ccc(C(=O)/C=C/c2ccc(Cl)cc2)cc1)C(=O)O. The minimum atomic E-state index is -3.98. The molecular weight excluding hydrogens is 378 g/mol. The van der Waals surface area contributed by atoms with Crippen LogP contribution in [0.3, 0.4) is 0 Å². The van der Waals surface area contributed by atoms with Gasteiger partial charge in [-0.05, 0) is 55.0 Å². The number of hydrogen-bond donors (Lipinski definition) is 2. The molecule has 0 aliphatic carbocycles. The highest BCUT2D eigenvalue weighted by atomic mass is 35.5. The largest absolute Gasteiger partial charge is 0.480 e. The quantitative estimate of drug-likeness (QED) is 0.556. The first-order valence-electron chi connectivity index (χ1n) is 7.52. The van der Waals surface area contributed by atoms with E-state index in [1.165, 1.54) is 37.3 Å². The van der Waals surface area contributed by atoms with Crippen molar-refractivity contribution in [1.29, 1.82) is 0 Å². The van der Waals surface area contributed by atoms with Gasteiger partial charge in [0, 0.05) is 10.6 Å². The Labute approximate surface area is 156 Å². The molecule has 0 aromatic heterocycles. The molecule has 2 N–H and O–H groups in total. The van der Waals surface area contributed by atoms with E-state index in [0.717, 1.165) is 5.56 Å². The lowest BCUT2D eigenvalue weighted by atomic mass is 10.1. The second-order valence-electron chi connectivity index (χ2n) is 5.45. The molecule has 2 rings (SSSR count). The van der Waals surface area contributed by atoms with Crippen LogP contribution in [0.5, 0.6) is 0 Å². The first kappa shape index (κ1) is 19.8. The first-order chi connectivity index (χ1) is 12.2. The number of carbonyl (C=O) groups excluding carboxylic acids is 1. The molecule has 0 aliphatic rings. The van der Waals surface area contributed by atoms with Crippen LogP contribution in [0.1, 0.15) is 22.8 Å². The zero-order valence-electron chi connectivity index (χ0n) is 13.7. The topological polar surface area (TPSA) is 101 Å². The van der Waals surface area contributed by atoms with Gasteiger partial charge in [-0.3, -0.25) is 9.59 Å². The highest BCUT2D eigenvalue weighted by molar-refractivity contribution is 7.89. The van der Waals surface area contributed by atoms with E-state index < -0.39 is 22.0 Å². The number of nitrogens with one attached hydrogen (secondary N) is 1. The van der Waals surface area contributed by atoms with Crippen LogP contribution in [0.15, 0.2) is 59.5 Å². The summed E-state index contributed by atoms with van der Waals surface area (Å²) in [6, 6.07) is 10.9. The van der Waals surface area contributed by atoms with Crippen LogP contribution in [-0.4, -0.2) is 31.3 Å². The molecule has 0 amide bonds. The molecule has 0 saturated heterocycles. The molecule has 2 aromatic carbocycles. The van der Waals surface area contributed by atoms with Crippen molar-refractivity contribution in [3.8, 4) is 0 Å². The minimum absolute atomic E-state index is 0.121. The maximum atomic E-state index is 12.2. The molecule has 2 aromatic rings. The Balaban J connectivity index is 2.12. The van der Waals surface area contributed by atoms with Crippen LogP contribution in [-0.2, 0) is 14.8 Å². The van der Waals surface area contributed by atoms with Gasteiger partial charge in [-0.2, -0.15) is 4.72 Å². The predicted octanol–water partition coefficient (Wildman–Crippen LogP) is 2.99. The summed E-state index contributed by atoms with van der Waals surface area (Å²) < 4.78 is 26.2. The fraction of sp³-hybridized carbons (Fsp3) is 0.111. The van der Waals surface area contributed by atoms with E-state index in [1.54, 1.807) is 30.3 Å². The number of rotatable bonds is 7. The third kappa shape index (κ3) is 5.26. The van der Waals surface area contributed by atoms with Crippen molar-refractivity contribution in [3.63, 3.8) is 0 Å². The van der Waals surface area contributed by atoms with Crippen LogP contribution < -0.4 is 4.72 Å². The van der Waals surface area contributed by atoms with Gasteiger partial charge in [0.25, 0.3) is 0 Å². The molecular formula is C18H16ClNO5S. The van der Waals surface area contributed by atoms with Crippen LogP contribution in [0.4, 0.5) is 0 Å². The lowest BCUT2D eigenvalue weighted by Gasteiger charge is -2.10. The number of carboxylic acid groups (broad SMARTS) is 1. The normalized spacial score (nSPS) is 12.8. The first-order valence-corrected chi connectivity index (χ1v) is 9.38. The van der Waals surface area contributed by atoms with Gasteiger partial charge in [0.2, 0.25) is 10.0 Å². The molecule has 6 nitrogen and oxygen atoms in total. The summed E-state index contributed by atoms with van der Waals surface area (Å²) in [5, 5.41) is 9.38. The number of allylic oxidation sites excluding steroid dienone is 1. The van der Waals surface area contributed by atoms with Gasteiger partial charge < -0.3 is 5.11 Å². The van der Waals surface area contributed by atoms with Crippen LogP contribution >= 0.6 is 11.6 Å². The molecule has 0 saturated carbocycles. The van der Waals surface area contributed by atoms with E-state index in [2.05, 4.69) is 0 Å². The third-order valence-electron chi connectivity index (χ3n) is 3.45. The van der Waals surface area contributed by atoms with Crippen LogP contribution in [0.2, 0.25) is 5.02 Å². The molecule has 0 spiro atoms. The molecule has 0 bridgehead atoms. The summed E-state index contributed by atoms with van der Waals surface area (Å²) in [4.78, 5) is 22.8. The van der Waals surface area contributed by atoms with Gasteiger partial charge in [0.05, 0.1) is 4.90 Å². The van der Waals surface area contributed by atoms with E-state index in [0.29, 0.717) is 10.6 Å². The Kier molecular flexibility index (Phi) is 6.31. The van der Waals surface area contributed by atoms with Gasteiger partial charge >= 0.3 is 5.97 Å². The standard InChI is InChI=1S/C18H16ClNO5S/c1-12(18(22)23)20-26(24,25)16-9-5-14(6-10-16)17(21)11-4-13-2-7-15(19)8-3-13/h2-12,20H,1H3,(H,22,23)/b11-4+/t12-/m0/s1. The van der Waals surface area contributed by atoms with Gasteiger partial charge in [-0.25, -0.2) is 8.42 Å². The summed E-state index contributed by atoms with van der Waals surface area (Å²) in [5.74, 6) is -1.58. The zero-order valence-corrected chi connectivity index (χ0v) is 15.3. The number of carboxylic acids is 1. The number of ketones is 1. The maximum absolute atomic E-state index is 12.2. The minimum Gasteiger partial charge on any atom is -0.480 e. The van der Waals surface area contributed by atoms with E-state index in [-0.39, 0.29) is 10.7 Å². The van der Waals surface area contributed by atoms with Gasteiger partial charge in [0.1, 0.15) is 6.04 Å². The van der Waals surface area contributed by atoms with Crippen LogP contribution in [0, 0.1) is 0 Å². The molecule has 0 heterocycles. The van der Waals surface area contributed by atoms with Crippen molar-refractivity contribution in [1.82, 2.24) is 4.72 Å². The summed E-state index contributed by atoms with van der Waals surface area (Å²) in [5.41, 5.74) is 1.11. The summed E-state index contributed by atoms with van der Waals surface area (Å²) in [6.45, 7) is 1.22. The second kappa shape index (κ2) is 8.27. The van der Waals surface area contributed by atoms with E-state index in [9.17, 15) is 18.0 Å². The lowest BCUT2D eigenvalue weighted by Crippen LogP contribution is -2.38. The predicted molar refractivity (Wildman–Crippen MR) is 98.7 cm³/mol. The molecule has 0 fully saturated rings. The average molecular weight is 394 g/mol. The molecule has 136 valence electrons. The fourth-order valence-electron chi connectivity index (χ4n) is 1.99. The van der Waals surface area contributed by atoms with Crippen molar-refractivity contribution in [2.45, 2.75) is 17.9 Å². The lowest BCUT2D eigenvalue weighted by molar-refractivity contribution is -0.138. The highest BCUT2D eigenvalue weighted by Crippen LogP contribution is 2.14. The number of carbonyl (C=O) groups is 2. The third-order valence-corrected chi connectivity index (χ3v) is 5.26. The fourth-order valence-corrected chi connectivity index (χ4v) is 3.31. The average Bonchev–Trinajstić information content (AvgIpc) is 2.60. The van der Waals surface area contributed by atoms with Crippen molar-refractivity contribution < 1.29 is 23.1 Å². The Morgan fingerprint density at radius 3 is 2.19 bits per heavy atom. The van der Waals surface area contributed by atoms with Crippen molar-refractivity contribution in [2.75, 3.05) is 0 Å². The summed E-state index contributed by atoms with van der Waals surface area (Å²) in [6.07, 6.45) is 3.00. The maximum Gasteiger partial charge on any atom is 0.321 e. The summed E-state index contributed by atoms with van der Waals surface area (Å²) >= 11 is 5.79. The van der Waals surface area contributed by atoms with Gasteiger partial charge in [0.15, 0.2) is 5.78 Å². The van der Waals surface area contributed by atoms with Crippen LogP contribution in [0.25, 0.3) is 6.08 Å². The van der Waals surface area contributed by atoms with E-state index in [4.69, 9.17) is 16.7 Å². The summed E-state index contributed by atoms with van der Waals surface area (Å²) in [7, 11) is -3.98. The van der Waals surface area contributed by atoms with Gasteiger partial charge in [-0.15, -0.1) is 0 Å².